The van der Waals surface area contributed by atoms with E-state index >= 15 is 0 Å². The Morgan fingerprint density at radius 2 is 1.83 bits per heavy atom. The van der Waals surface area contributed by atoms with Crippen molar-refractivity contribution in [3.8, 4) is 0 Å². The maximum atomic E-state index is 11.4. The molecule has 124 valence electrons. The molecule has 0 aliphatic heterocycles. The number of amides is 1. The van der Waals surface area contributed by atoms with Crippen molar-refractivity contribution in [1.82, 2.24) is 4.90 Å². The summed E-state index contributed by atoms with van der Waals surface area (Å²) in [6, 6.07) is 5.69. The van der Waals surface area contributed by atoms with Crippen LogP contribution in [0.15, 0.2) is 18.2 Å². The molecular weight excluding hydrogens is 294 g/mol. The fourth-order valence-electron chi connectivity index (χ4n) is 3.59. The van der Waals surface area contributed by atoms with Gasteiger partial charge in [0, 0.05) is 35.8 Å². The molecule has 2 fully saturated rings. The highest BCUT2D eigenvalue weighted by Crippen LogP contribution is 2.36. The number of carbonyl (C=O) groups is 1. The summed E-state index contributed by atoms with van der Waals surface area (Å²) in [5, 5.41) is 11.4. The number of nitrogens with zero attached hydrogens (tertiary/aromatic N) is 2. The van der Waals surface area contributed by atoms with Crippen LogP contribution in [-0.4, -0.2) is 27.8 Å². The number of benzene rings is 1. The minimum atomic E-state index is -0.633. The van der Waals surface area contributed by atoms with E-state index in [0.717, 1.165) is 0 Å². The largest absolute Gasteiger partial charge is 0.366 e. The van der Waals surface area contributed by atoms with Gasteiger partial charge in [0.25, 0.3) is 5.69 Å². The molecule has 0 aromatic heterocycles. The lowest BCUT2D eigenvalue weighted by Crippen LogP contribution is -2.38. The Bertz CT molecular complexity index is 607. The normalized spacial score (nSPS) is 19.0. The van der Waals surface area contributed by atoms with Gasteiger partial charge < -0.3 is 5.73 Å². The van der Waals surface area contributed by atoms with Gasteiger partial charge in [-0.05, 0) is 31.7 Å². The van der Waals surface area contributed by atoms with E-state index in [1.165, 1.54) is 51.0 Å². The lowest BCUT2D eigenvalue weighted by atomic mass is 9.93. The van der Waals surface area contributed by atoms with Crippen LogP contribution in [0.5, 0.6) is 0 Å². The fraction of sp³-hybridized carbons (Fsp3) is 0.588. The minimum Gasteiger partial charge on any atom is -0.366 e. The Morgan fingerprint density at radius 3 is 2.39 bits per heavy atom. The third kappa shape index (κ3) is 3.69. The summed E-state index contributed by atoms with van der Waals surface area (Å²) in [6.07, 6.45) is 8.52. The molecule has 0 heterocycles. The van der Waals surface area contributed by atoms with E-state index in [2.05, 4.69) is 4.90 Å². The quantitative estimate of drug-likeness (QED) is 0.645. The van der Waals surface area contributed by atoms with Crippen molar-refractivity contribution < 1.29 is 9.72 Å². The van der Waals surface area contributed by atoms with Crippen molar-refractivity contribution in [2.45, 2.75) is 63.6 Å². The number of rotatable bonds is 6. The van der Waals surface area contributed by atoms with Crippen molar-refractivity contribution in [3.63, 3.8) is 0 Å². The van der Waals surface area contributed by atoms with Gasteiger partial charge in [-0.2, -0.15) is 0 Å². The van der Waals surface area contributed by atoms with Gasteiger partial charge in [-0.25, -0.2) is 0 Å². The molecule has 1 aromatic carbocycles. The van der Waals surface area contributed by atoms with Crippen molar-refractivity contribution in [2.24, 2.45) is 5.73 Å². The van der Waals surface area contributed by atoms with Crippen molar-refractivity contribution >= 4 is 11.6 Å². The molecular formula is C17H23N3O3. The molecule has 2 aliphatic rings. The Kier molecular flexibility index (Phi) is 4.61. The van der Waals surface area contributed by atoms with Crippen LogP contribution in [0, 0.1) is 10.1 Å². The number of nitro groups is 1. The predicted octanol–water partition coefficient (Wildman–Crippen LogP) is 2.99. The predicted molar refractivity (Wildman–Crippen MR) is 87.1 cm³/mol. The van der Waals surface area contributed by atoms with Gasteiger partial charge in [-0.15, -0.1) is 0 Å². The number of hydrogen-bond donors (Lipinski definition) is 1. The molecule has 1 amide bonds. The van der Waals surface area contributed by atoms with E-state index in [9.17, 15) is 14.9 Å². The number of hydrogen-bond acceptors (Lipinski definition) is 4. The van der Waals surface area contributed by atoms with Crippen LogP contribution in [0.2, 0.25) is 0 Å². The molecule has 0 radical (unpaired) electrons. The summed E-state index contributed by atoms with van der Waals surface area (Å²) in [6.45, 7) is 0.588. The van der Waals surface area contributed by atoms with Crippen LogP contribution >= 0.6 is 0 Å². The minimum absolute atomic E-state index is 0.00256. The van der Waals surface area contributed by atoms with Crippen LogP contribution in [-0.2, 0) is 6.54 Å². The smallest absolute Gasteiger partial charge is 0.274 e. The molecule has 0 bridgehead atoms. The van der Waals surface area contributed by atoms with E-state index < -0.39 is 10.8 Å². The van der Waals surface area contributed by atoms with Crippen molar-refractivity contribution in [2.75, 3.05) is 0 Å². The van der Waals surface area contributed by atoms with Crippen LogP contribution in [0.1, 0.15) is 60.9 Å². The van der Waals surface area contributed by atoms with E-state index in [-0.39, 0.29) is 11.3 Å². The molecule has 0 spiro atoms. The molecule has 2 saturated carbocycles. The number of carbonyl (C=O) groups excluding carboxylic acids is 1. The first-order chi connectivity index (χ1) is 11.1. The second kappa shape index (κ2) is 6.66. The molecule has 2 aliphatic carbocycles. The molecule has 2 N–H and O–H groups in total. The standard InChI is InChI=1S/C17H23N3O3/c18-17(21)12-6-7-13(16(10-12)20(22)23)11-19(15-8-9-15)14-4-2-1-3-5-14/h6-7,10,14-15H,1-5,8-9,11H2,(H2,18,21). The molecule has 0 unspecified atom stereocenters. The third-order valence-corrected chi connectivity index (χ3v) is 4.98. The first-order valence-electron chi connectivity index (χ1n) is 8.39. The Hall–Kier alpha value is -1.95. The van der Waals surface area contributed by atoms with E-state index in [1.54, 1.807) is 12.1 Å². The lowest BCUT2D eigenvalue weighted by Gasteiger charge is -2.34. The molecule has 23 heavy (non-hydrogen) atoms. The zero-order chi connectivity index (χ0) is 16.4. The summed E-state index contributed by atoms with van der Waals surface area (Å²) < 4.78 is 0. The van der Waals surface area contributed by atoms with E-state index in [1.807, 2.05) is 0 Å². The Balaban J connectivity index is 1.84. The maximum Gasteiger partial charge on any atom is 0.274 e. The van der Waals surface area contributed by atoms with Crippen molar-refractivity contribution in [3.05, 3.63) is 39.4 Å². The van der Waals surface area contributed by atoms with E-state index in [4.69, 9.17) is 5.73 Å². The average molecular weight is 317 g/mol. The fourth-order valence-corrected chi connectivity index (χ4v) is 3.59. The summed E-state index contributed by atoms with van der Waals surface area (Å²) in [5.41, 5.74) is 6.11. The number of nitro benzene ring substituents is 1. The third-order valence-electron chi connectivity index (χ3n) is 4.98. The lowest BCUT2D eigenvalue weighted by molar-refractivity contribution is -0.385. The van der Waals surface area contributed by atoms with Gasteiger partial charge in [-0.3, -0.25) is 19.8 Å². The summed E-state index contributed by atoms with van der Waals surface area (Å²) >= 11 is 0. The SMILES string of the molecule is NC(=O)c1ccc(CN(C2CCCCC2)C2CC2)c([N+](=O)[O-])c1. The van der Waals surface area contributed by atoms with Gasteiger partial charge in [-0.1, -0.05) is 25.3 Å². The molecule has 0 saturated heterocycles. The van der Waals surface area contributed by atoms with Gasteiger partial charge in [0.2, 0.25) is 5.91 Å². The zero-order valence-corrected chi connectivity index (χ0v) is 13.2. The van der Waals surface area contributed by atoms with Gasteiger partial charge in [0.05, 0.1) is 4.92 Å². The number of primary amides is 1. The van der Waals surface area contributed by atoms with Gasteiger partial charge >= 0.3 is 0 Å². The average Bonchev–Trinajstić information content (AvgIpc) is 3.38. The van der Waals surface area contributed by atoms with Gasteiger partial charge in [0.15, 0.2) is 0 Å². The van der Waals surface area contributed by atoms with Crippen LogP contribution in [0.4, 0.5) is 5.69 Å². The summed E-state index contributed by atoms with van der Waals surface area (Å²) in [7, 11) is 0. The first-order valence-corrected chi connectivity index (χ1v) is 8.39. The molecule has 1 aromatic rings. The highest BCUT2D eigenvalue weighted by atomic mass is 16.6. The first kappa shape index (κ1) is 15.9. The zero-order valence-electron chi connectivity index (χ0n) is 13.2. The highest BCUT2D eigenvalue weighted by Gasteiger charge is 2.35. The van der Waals surface area contributed by atoms with Crippen molar-refractivity contribution in [1.29, 1.82) is 0 Å². The van der Waals surface area contributed by atoms with E-state index in [0.29, 0.717) is 24.2 Å². The number of nitrogens with two attached hydrogens (primary N) is 1. The highest BCUT2D eigenvalue weighted by molar-refractivity contribution is 5.93. The monoisotopic (exact) mass is 317 g/mol. The second-order valence-electron chi connectivity index (χ2n) is 6.66. The van der Waals surface area contributed by atoms with Crippen LogP contribution < -0.4 is 5.73 Å². The maximum absolute atomic E-state index is 11.4. The molecule has 0 atom stereocenters. The summed E-state index contributed by atoms with van der Waals surface area (Å²) in [5.74, 6) is -0.633. The topological polar surface area (TPSA) is 89.5 Å². The summed E-state index contributed by atoms with van der Waals surface area (Å²) in [4.78, 5) is 24.7. The van der Waals surface area contributed by atoms with Gasteiger partial charge in [0.1, 0.15) is 0 Å². The molecule has 3 rings (SSSR count). The Labute approximate surface area is 135 Å². The van der Waals surface area contributed by atoms with Crippen LogP contribution in [0.25, 0.3) is 0 Å². The Morgan fingerprint density at radius 1 is 1.17 bits per heavy atom. The molecule has 6 nitrogen and oxygen atoms in total. The second-order valence-corrected chi connectivity index (χ2v) is 6.66. The van der Waals surface area contributed by atoms with Crippen LogP contribution in [0.3, 0.4) is 0 Å². The molecule has 6 heteroatoms.